The van der Waals surface area contributed by atoms with Gasteiger partial charge in [-0.1, -0.05) is 42.6 Å². The average molecular weight is 496 g/mol. The predicted octanol–water partition coefficient (Wildman–Crippen LogP) is 6.62. The van der Waals surface area contributed by atoms with E-state index >= 15 is 0 Å². The number of hydrogen-bond donors (Lipinski definition) is 1. The second kappa shape index (κ2) is 11.2. The molecular formula is C29H35ClFN3O. The van der Waals surface area contributed by atoms with Crippen molar-refractivity contribution < 1.29 is 9.18 Å². The van der Waals surface area contributed by atoms with Gasteiger partial charge in [-0.05, 0) is 91.8 Å². The summed E-state index contributed by atoms with van der Waals surface area (Å²) >= 11 is 6.19. The van der Waals surface area contributed by atoms with Crippen molar-refractivity contribution in [3.63, 3.8) is 0 Å². The Morgan fingerprint density at radius 2 is 1.80 bits per heavy atom. The lowest BCUT2D eigenvalue weighted by Gasteiger charge is -2.39. The van der Waals surface area contributed by atoms with Crippen LogP contribution in [0.1, 0.15) is 56.1 Å². The second-order valence-electron chi connectivity index (χ2n) is 10.7. The molecule has 35 heavy (non-hydrogen) atoms. The summed E-state index contributed by atoms with van der Waals surface area (Å²) in [4.78, 5) is 15.7. The lowest BCUT2D eigenvalue weighted by molar-refractivity contribution is -0.120. The number of nitrogens with zero attached hydrogens (tertiary/aromatic N) is 2. The molecule has 0 bridgehead atoms. The molecule has 186 valence electrons. The van der Waals surface area contributed by atoms with Crippen molar-refractivity contribution in [1.29, 1.82) is 0 Å². The lowest BCUT2D eigenvalue weighted by Crippen LogP contribution is -2.41. The number of nitrogens with one attached hydrogen (secondary N) is 1. The van der Waals surface area contributed by atoms with E-state index in [0.717, 1.165) is 48.9 Å². The molecule has 1 N–H and O–H groups in total. The summed E-state index contributed by atoms with van der Waals surface area (Å²) in [6.07, 6.45) is 9.53. The molecule has 0 unspecified atom stereocenters. The Morgan fingerprint density at radius 3 is 2.63 bits per heavy atom. The molecular weight excluding hydrogens is 461 g/mol. The minimum absolute atomic E-state index is 0.164. The number of aromatic nitrogens is 2. The van der Waals surface area contributed by atoms with Crippen LogP contribution in [0.2, 0.25) is 5.15 Å². The number of likely N-dealkylation sites (tertiary alicyclic amines) is 1. The van der Waals surface area contributed by atoms with Gasteiger partial charge in [-0.25, -0.2) is 4.39 Å². The summed E-state index contributed by atoms with van der Waals surface area (Å²) in [5, 5.41) is 8.38. The number of hydrogen-bond acceptors (Lipinski definition) is 3. The van der Waals surface area contributed by atoms with Crippen molar-refractivity contribution in [2.45, 2.75) is 57.8 Å². The maximum Gasteiger partial charge on any atom is 0.137 e. The Balaban J connectivity index is 1.16. The van der Waals surface area contributed by atoms with Crippen LogP contribution in [0, 0.1) is 23.6 Å². The van der Waals surface area contributed by atoms with Gasteiger partial charge < -0.3 is 4.90 Å². The van der Waals surface area contributed by atoms with Crippen LogP contribution < -0.4 is 0 Å². The van der Waals surface area contributed by atoms with Crippen molar-refractivity contribution in [1.82, 2.24) is 15.1 Å². The molecule has 1 saturated heterocycles. The first kappa shape index (κ1) is 24.5. The standard InChI is InChI=1S/C29H35ClFN3O/c30-29-27-16-21(9-12-28(27)32-33-29)15-26(35)17-23-5-1-2-6-24(23)19-34-13-3-4-22(18-34)14-20-7-10-25(31)11-8-20/h7-12,16,22-24H,1-6,13-15,17-19H2,(H,32,33)/t22-,23+,24+/m1/s1. The minimum atomic E-state index is -0.164. The highest BCUT2D eigenvalue weighted by Gasteiger charge is 2.30. The maximum atomic E-state index is 13.3. The van der Waals surface area contributed by atoms with Crippen LogP contribution in [0.3, 0.4) is 0 Å². The summed E-state index contributed by atoms with van der Waals surface area (Å²) in [6, 6.07) is 12.9. The molecule has 4 nitrogen and oxygen atoms in total. The van der Waals surface area contributed by atoms with E-state index < -0.39 is 0 Å². The summed E-state index contributed by atoms with van der Waals surface area (Å²) in [5.41, 5.74) is 3.07. The van der Waals surface area contributed by atoms with E-state index in [-0.39, 0.29) is 5.82 Å². The molecule has 0 spiro atoms. The molecule has 0 radical (unpaired) electrons. The summed E-state index contributed by atoms with van der Waals surface area (Å²) in [5.74, 6) is 1.87. The van der Waals surface area contributed by atoms with Gasteiger partial charge in [0.2, 0.25) is 0 Å². The van der Waals surface area contributed by atoms with Crippen LogP contribution in [-0.4, -0.2) is 40.5 Å². The number of piperidine rings is 1. The third-order valence-corrected chi connectivity index (χ3v) is 8.35. The smallest absolute Gasteiger partial charge is 0.137 e. The van der Waals surface area contributed by atoms with Crippen LogP contribution in [0.25, 0.3) is 10.9 Å². The van der Waals surface area contributed by atoms with Crippen LogP contribution in [0.4, 0.5) is 4.39 Å². The fourth-order valence-electron chi connectivity index (χ4n) is 6.29. The van der Waals surface area contributed by atoms with Gasteiger partial charge in [0.15, 0.2) is 0 Å². The van der Waals surface area contributed by atoms with Crippen LogP contribution >= 0.6 is 11.6 Å². The quantitative estimate of drug-likeness (QED) is 0.382. The van der Waals surface area contributed by atoms with Gasteiger partial charge in [-0.3, -0.25) is 9.89 Å². The van der Waals surface area contributed by atoms with Gasteiger partial charge in [0, 0.05) is 31.3 Å². The number of halogens is 2. The van der Waals surface area contributed by atoms with E-state index in [0.29, 0.717) is 41.5 Å². The van der Waals surface area contributed by atoms with Gasteiger partial charge >= 0.3 is 0 Å². The first-order chi connectivity index (χ1) is 17.0. The molecule has 1 saturated carbocycles. The predicted molar refractivity (Wildman–Crippen MR) is 139 cm³/mol. The number of fused-ring (bicyclic) bond motifs is 1. The van der Waals surface area contributed by atoms with Gasteiger partial charge in [-0.15, -0.1) is 0 Å². The zero-order chi connectivity index (χ0) is 24.2. The Morgan fingerprint density at radius 1 is 1.03 bits per heavy atom. The molecule has 6 heteroatoms. The first-order valence-corrected chi connectivity index (χ1v) is 13.5. The lowest BCUT2D eigenvalue weighted by atomic mass is 9.75. The van der Waals surface area contributed by atoms with Crippen molar-refractivity contribution in [3.05, 3.63) is 64.6 Å². The fourth-order valence-corrected chi connectivity index (χ4v) is 6.48. The third-order valence-electron chi connectivity index (χ3n) is 8.06. The molecule has 1 aliphatic carbocycles. The zero-order valence-electron chi connectivity index (χ0n) is 20.3. The molecule has 0 amide bonds. The first-order valence-electron chi connectivity index (χ1n) is 13.1. The second-order valence-corrected chi connectivity index (χ2v) is 11.1. The number of carbonyl (C=O) groups is 1. The van der Waals surface area contributed by atoms with E-state index in [4.69, 9.17) is 11.6 Å². The van der Waals surface area contributed by atoms with E-state index in [9.17, 15) is 9.18 Å². The largest absolute Gasteiger partial charge is 0.303 e. The molecule has 2 aliphatic rings. The Kier molecular flexibility index (Phi) is 7.84. The van der Waals surface area contributed by atoms with Crippen molar-refractivity contribution in [2.75, 3.05) is 19.6 Å². The highest BCUT2D eigenvalue weighted by Crippen LogP contribution is 2.35. The minimum Gasteiger partial charge on any atom is -0.303 e. The zero-order valence-corrected chi connectivity index (χ0v) is 21.1. The molecule has 2 aromatic carbocycles. The fraction of sp³-hybridized carbons (Fsp3) is 0.517. The molecule has 2 fully saturated rings. The SMILES string of the molecule is O=C(Cc1ccc2n[nH]c(Cl)c2c1)C[C@@H]1CCCC[C@H]1CN1CCC[C@H](Cc2ccc(F)cc2)C1. The van der Waals surface area contributed by atoms with Gasteiger partial charge in [0.25, 0.3) is 0 Å². The molecule has 1 aliphatic heterocycles. The summed E-state index contributed by atoms with van der Waals surface area (Å²) in [7, 11) is 0. The number of rotatable bonds is 8. The van der Waals surface area contributed by atoms with E-state index in [1.165, 1.54) is 37.7 Å². The van der Waals surface area contributed by atoms with E-state index in [1.54, 1.807) is 12.1 Å². The summed E-state index contributed by atoms with van der Waals surface area (Å²) in [6.45, 7) is 3.37. The third kappa shape index (κ3) is 6.31. The Hall–Kier alpha value is -2.24. The monoisotopic (exact) mass is 495 g/mol. The highest BCUT2D eigenvalue weighted by molar-refractivity contribution is 6.34. The van der Waals surface area contributed by atoms with Crippen LogP contribution in [-0.2, 0) is 17.6 Å². The van der Waals surface area contributed by atoms with Crippen LogP contribution in [0.5, 0.6) is 0 Å². The molecule has 1 aromatic heterocycles. The Bertz CT molecular complexity index is 1140. The van der Waals surface area contributed by atoms with Crippen molar-refractivity contribution in [3.8, 4) is 0 Å². The number of aromatic amines is 1. The van der Waals surface area contributed by atoms with Gasteiger partial charge in [0.1, 0.15) is 16.8 Å². The Labute approximate surface area is 212 Å². The van der Waals surface area contributed by atoms with Crippen LogP contribution in [0.15, 0.2) is 42.5 Å². The average Bonchev–Trinajstić information content (AvgIpc) is 3.22. The molecule has 3 atom stereocenters. The topological polar surface area (TPSA) is 49.0 Å². The normalized spacial score (nSPS) is 23.5. The van der Waals surface area contributed by atoms with Crippen molar-refractivity contribution in [2.24, 2.45) is 17.8 Å². The van der Waals surface area contributed by atoms with Gasteiger partial charge in [-0.2, -0.15) is 5.10 Å². The van der Waals surface area contributed by atoms with E-state index in [1.807, 2.05) is 30.3 Å². The molecule has 3 aromatic rings. The number of benzene rings is 2. The highest BCUT2D eigenvalue weighted by atomic mass is 35.5. The van der Waals surface area contributed by atoms with Crippen molar-refractivity contribution >= 4 is 28.3 Å². The number of Topliss-reactive ketones (excluding diaryl/α,β-unsaturated/α-hetero) is 1. The van der Waals surface area contributed by atoms with E-state index in [2.05, 4.69) is 15.1 Å². The maximum absolute atomic E-state index is 13.3. The summed E-state index contributed by atoms with van der Waals surface area (Å²) < 4.78 is 13.3. The van der Waals surface area contributed by atoms with Gasteiger partial charge in [0.05, 0.1) is 5.52 Å². The number of H-pyrrole nitrogens is 1. The molecule has 2 heterocycles. The molecule has 5 rings (SSSR count). The number of carbonyl (C=O) groups excluding carboxylic acids is 1. The number of ketones is 1.